The van der Waals surface area contributed by atoms with Gasteiger partial charge in [0.05, 0.1) is 23.7 Å². The molecule has 1 aromatic carbocycles. The average molecular weight is 331 g/mol. The molecule has 1 saturated heterocycles. The van der Waals surface area contributed by atoms with E-state index in [2.05, 4.69) is 15.3 Å². The van der Waals surface area contributed by atoms with E-state index in [1.165, 1.54) is 30.6 Å². The van der Waals surface area contributed by atoms with E-state index in [9.17, 15) is 9.18 Å². The van der Waals surface area contributed by atoms with Crippen LogP contribution in [0.4, 0.5) is 10.1 Å². The zero-order valence-electron chi connectivity index (χ0n) is 13.3. The third-order valence-corrected chi connectivity index (χ3v) is 3.65. The van der Waals surface area contributed by atoms with Gasteiger partial charge in [-0.15, -0.1) is 0 Å². The number of amides is 1. The minimum Gasteiger partial charge on any atom is -0.489 e. The van der Waals surface area contributed by atoms with Crippen LogP contribution in [-0.2, 0) is 4.74 Å². The first kappa shape index (κ1) is 16.3. The van der Waals surface area contributed by atoms with Crippen LogP contribution < -0.4 is 10.1 Å². The molecule has 0 radical (unpaired) electrons. The Morgan fingerprint density at radius 1 is 1.42 bits per heavy atom. The van der Waals surface area contributed by atoms with Gasteiger partial charge in [-0.1, -0.05) is 0 Å². The number of hydrogen-bond acceptors (Lipinski definition) is 5. The van der Waals surface area contributed by atoms with Gasteiger partial charge >= 0.3 is 0 Å². The molecule has 24 heavy (non-hydrogen) atoms. The molecule has 126 valence electrons. The first-order chi connectivity index (χ1) is 11.6. The van der Waals surface area contributed by atoms with Crippen LogP contribution in [0.5, 0.6) is 5.75 Å². The molecule has 7 heteroatoms. The highest BCUT2D eigenvalue weighted by atomic mass is 19.1. The van der Waals surface area contributed by atoms with Crippen molar-refractivity contribution in [3.63, 3.8) is 0 Å². The SMILES string of the molecule is Cc1cnc(C(=O)Nc2cc(F)ccc2OC[C@@H]2CCCO2)cn1. The summed E-state index contributed by atoms with van der Waals surface area (Å²) in [5.74, 6) is -0.555. The molecule has 1 aliphatic heterocycles. The maximum Gasteiger partial charge on any atom is 0.275 e. The van der Waals surface area contributed by atoms with E-state index in [-0.39, 0.29) is 17.5 Å². The number of nitrogens with one attached hydrogen (secondary N) is 1. The molecule has 6 nitrogen and oxygen atoms in total. The molecule has 1 atom stereocenters. The lowest BCUT2D eigenvalue weighted by molar-refractivity contribution is 0.0681. The molecule has 0 saturated carbocycles. The zero-order valence-corrected chi connectivity index (χ0v) is 13.3. The van der Waals surface area contributed by atoms with Gasteiger partial charge in [-0.3, -0.25) is 9.78 Å². The van der Waals surface area contributed by atoms with Gasteiger partial charge < -0.3 is 14.8 Å². The molecule has 1 aliphatic rings. The maximum absolute atomic E-state index is 13.5. The number of benzene rings is 1. The predicted molar refractivity (Wildman–Crippen MR) is 85.6 cm³/mol. The number of aromatic nitrogens is 2. The summed E-state index contributed by atoms with van der Waals surface area (Å²) in [5, 5.41) is 2.62. The Morgan fingerprint density at radius 2 is 2.29 bits per heavy atom. The van der Waals surface area contributed by atoms with E-state index in [0.717, 1.165) is 19.4 Å². The Kier molecular flexibility index (Phi) is 5.00. The number of halogens is 1. The highest BCUT2D eigenvalue weighted by Gasteiger charge is 2.18. The van der Waals surface area contributed by atoms with Crippen molar-refractivity contribution in [1.82, 2.24) is 9.97 Å². The molecule has 3 rings (SSSR count). The molecular formula is C17H18FN3O3. The number of nitrogens with zero attached hydrogens (tertiary/aromatic N) is 2. The third kappa shape index (κ3) is 4.05. The Balaban J connectivity index is 1.72. The lowest BCUT2D eigenvalue weighted by atomic mass is 10.2. The molecule has 1 fully saturated rings. The summed E-state index contributed by atoms with van der Waals surface area (Å²) in [6, 6.07) is 3.98. The summed E-state index contributed by atoms with van der Waals surface area (Å²) in [6.45, 7) is 2.87. The largest absolute Gasteiger partial charge is 0.489 e. The standard InChI is InChI=1S/C17H18FN3O3/c1-11-8-20-15(9-19-11)17(22)21-14-7-12(18)4-5-16(14)24-10-13-3-2-6-23-13/h4-5,7-9,13H,2-3,6,10H2,1H3,(H,21,22)/t13-/m0/s1. The Hall–Kier alpha value is -2.54. The quantitative estimate of drug-likeness (QED) is 0.912. The summed E-state index contributed by atoms with van der Waals surface area (Å²) in [5.41, 5.74) is 1.10. The van der Waals surface area contributed by atoms with Crippen LogP contribution in [0, 0.1) is 12.7 Å². The third-order valence-electron chi connectivity index (χ3n) is 3.65. The molecule has 0 unspecified atom stereocenters. The van der Waals surface area contributed by atoms with Gasteiger partial charge in [0.15, 0.2) is 0 Å². The number of carbonyl (C=O) groups is 1. The van der Waals surface area contributed by atoms with Crippen LogP contribution in [0.1, 0.15) is 29.0 Å². The molecule has 0 spiro atoms. The van der Waals surface area contributed by atoms with E-state index in [0.29, 0.717) is 18.1 Å². The van der Waals surface area contributed by atoms with Gasteiger partial charge in [0.25, 0.3) is 5.91 Å². The number of anilines is 1. The number of rotatable bonds is 5. The van der Waals surface area contributed by atoms with Crippen LogP contribution in [-0.4, -0.2) is 35.2 Å². The average Bonchev–Trinajstić information content (AvgIpc) is 3.08. The lowest BCUT2D eigenvalue weighted by Crippen LogP contribution is -2.18. The van der Waals surface area contributed by atoms with Crippen LogP contribution >= 0.6 is 0 Å². The monoisotopic (exact) mass is 331 g/mol. The van der Waals surface area contributed by atoms with Crippen LogP contribution in [0.3, 0.4) is 0 Å². The minimum atomic E-state index is -0.477. The maximum atomic E-state index is 13.5. The highest BCUT2D eigenvalue weighted by Crippen LogP contribution is 2.27. The van der Waals surface area contributed by atoms with Crippen molar-refractivity contribution in [3.8, 4) is 5.75 Å². The summed E-state index contributed by atoms with van der Waals surface area (Å²) in [4.78, 5) is 20.3. The second kappa shape index (κ2) is 7.35. The van der Waals surface area contributed by atoms with Gasteiger partial charge in [-0.25, -0.2) is 9.37 Å². The van der Waals surface area contributed by atoms with Crippen molar-refractivity contribution in [3.05, 3.63) is 47.8 Å². The topological polar surface area (TPSA) is 73.3 Å². The normalized spacial score (nSPS) is 16.8. The van der Waals surface area contributed by atoms with Crippen LogP contribution in [0.25, 0.3) is 0 Å². The fourth-order valence-electron chi connectivity index (χ4n) is 2.38. The lowest BCUT2D eigenvalue weighted by Gasteiger charge is -2.15. The second-order valence-corrected chi connectivity index (χ2v) is 5.58. The van der Waals surface area contributed by atoms with E-state index < -0.39 is 11.7 Å². The number of hydrogen-bond donors (Lipinski definition) is 1. The molecule has 0 bridgehead atoms. The van der Waals surface area contributed by atoms with Crippen molar-refractivity contribution in [2.45, 2.75) is 25.9 Å². The van der Waals surface area contributed by atoms with Gasteiger partial charge in [-0.2, -0.15) is 0 Å². The number of aryl methyl sites for hydroxylation is 1. The van der Waals surface area contributed by atoms with E-state index in [4.69, 9.17) is 9.47 Å². The molecule has 2 aromatic rings. The van der Waals surface area contributed by atoms with Crippen molar-refractivity contribution in [2.75, 3.05) is 18.5 Å². The van der Waals surface area contributed by atoms with Crippen LogP contribution in [0.15, 0.2) is 30.6 Å². The fraction of sp³-hybridized carbons (Fsp3) is 0.353. The number of carbonyl (C=O) groups excluding carboxylic acids is 1. The zero-order chi connectivity index (χ0) is 16.9. The summed E-state index contributed by atoms with van der Waals surface area (Å²) < 4.78 is 24.7. The number of ether oxygens (including phenoxy) is 2. The van der Waals surface area contributed by atoms with E-state index in [1.54, 1.807) is 6.92 Å². The van der Waals surface area contributed by atoms with E-state index >= 15 is 0 Å². The predicted octanol–water partition coefficient (Wildman–Crippen LogP) is 2.73. The molecule has 1 aromatic heterocycles. The van der Waals surface area contributed by atoms with Gasteiger partial charge in [0, 0.05) is 18.9 Å². The van der Waals surface area contributed by atoms with Gasteiger partial charge in [-0.05, 0) is 31.9 Å². The summed E-state index contributed by atoms with van der Waals surface area (Å²) in [6.07, 6.45) is 4.84. The van der Waals surface area contributed by atoms with Crippen molar-refractivity contribution >= 4 is 11.6 Å². The van der Waals surface area contributed by atoms with Crippen molar-refractivity contribution < 1.29 is 18.7 Å². The fourth-order valence-corrected chi connectivity index (χ4v) is 2.38. The van der Waals surface area contributed by atoms with Crippen molar-refractivity contribution in [1.29, 1.82) is 0 Å². The van der Waals surface area contributed by atoms with Crippen molar-refractivity contribution in [2.24, 2.45) is 0 Å². The summed E-state index contributed by atoms with van der Waals surface area (Å²) in [7, 11) is 0. The first-order valence-corrected chi connectivity index (χ1v) is 7.76. The Morgan fingerprint density at radius 3 is 3.00 bits per heavy atom. The molecular weight excluding hydrogens is 313 g/mol. The first-order valence-electron chi connectivity index (χ1n) is 7.76. The van der Waals surface area contributed by atoms with E-state index in [1.807, 2.05) is 0 Å². The minimum absolute atomic E-state index is 0.0292. The Bertz CT molecular complexity index is 716. The molecule has 2 heterocycles. The smallest absolute Gasteiger partial charge is 0.275 e. The van der Waals surface area contributed by atoms with Gasteiger partial charge in [0.2, 0.25) is 0 Å². The summed E-state index contributed by atoms with van der Waals surface area (Å²) >= 11 is 0. The highest BCUT2D eigenvalue weighted by molar-refractivity contribution is 6.03. The van der Waals surface area contributed by atoms with Gasteiger partial charge in [0.1, 0.15) is 23.9 Å². The molecule has 0 aliphatic carbocycles. The van der Waals surface area contributed by atoms with Crippen LogP contribution in [0.2, 0.25) is 0 Å². The Labute approximate surface area is 139 Å². The molecule has 1 amide bonds. The second-order valence-electron chi connectivity index (χ2n) is 5.58. The molecule has 1 N–H and O–H groups in total.